The van der Waals surface area contributed by atoms with Gasteiger partial charge in [0.15, 0.2) is 6.10 Å². The van der Waals surface area contributed by atoms with Crippen molar-refractivity contribution in [1.29, 1.82) is 0 Å². The number of nitrogens with one attached hydrogen (secondary N) is 1. The van der Waals surface area contributed by atoms with E-state index in [0.29, 0.717) is 19.3 Å². The van der Waals surface area contributed by atoms with Crippen LogP contribution in [0.1, 0.15) is 25.7 Å². The number of carbonyl (C=O) groups excluding carboxylic acids is 2. The van der Waals surface area contributed by atoms with Gasteiger partial charge >= 0.3 is 12.1 Å². The molecule has 0 aromatic carbocycles. The first-order valence-corrected chi connectivity index (χ1v) is 4.33. The number of rotatable bonds is 5. The molecule has 0 radical (unpaired) electrons. The first kappa shape index (κ1) is 10.5. The molecule has 1 heterocycles. The van der Waals surface area contributed by atoms with Crippen LogP contribution < -0.4 is 5.32 Å². The van der Waals surface area contributed by atoms with Crippen molar-refractivity contribution >= 4 is 18.0 Å². The van der Waals surface area contributed by atoms with Crippen molar-refractivity contribution < 1.29 is 24.2 Å². The summed E-state index contributed by atoms with van der Waals surface area (Å²) in [5.41, 5.74) is 0. The fourth-order valence-electron chi connectivity index (χ4n) is 1.19. The van der Waals surface area contributed by atoms with Gasteiger partial charge in [0.1, 0.15) is 0 Å². The molecular formula is C8H11NO5. The fourth-order valence-corrected chi connectivity index (χ4v) is 1.19. The molecule has 0 saturated carbocycles. The highest BCUT2D eigenvalue weighted by molar-refractivity contribution is 5.99. The Balaban J connectivity index is 2.16. The summed E-state index contributed by atoms with van der Waals surface area (Å²) in [5.74, 6) is -1.30. The Morgan fingerprint density at radius 3 is 2.64 bits per heavy atom. The second kappa shape index (κ2) is 4.59. The number of ether oxygens (including phenoxy) is 1. The number of amides is 2. The molecule has 2 N–H and O–H groups in total. The molecule has 78 valence electrons. The van der Waals surface area contributed by atoms with Crippen LogP contribution in [0.3, 0.4) is 0 Å². The Kier molecular flexibility index (Phi) is 3.44. The van der Waals surface area contributed by atoms with Gasteiger partial charge in [-0.3, -0.25) is 14.9 Å². The molecule has 0 bridgehead atoms. The Morgan fingerprint density at radius 2 is 2.14 bits per heavy atom. The fraction of sp³-hybridized carbons (Fsp3) is 0.625. The van der Waals surface area contributed by atoms with Gasteiger partial charge in [0.05, 0.1) is 0 Å². The Hall–Kier alpha value is -1.59. The lowest BCUT2D eigenvalue weighted by molar-refractivity contribution is -0.137. The molecule has 1 rings (SSSR count). The Bertz CT molecular complexity index is 262. The lowest BCUT2D eigenvalue weighted by Crippen LogP contribution is -2.24. The molecule has 1 unspecified atom stereocenters. The predicted molar refractivity (Wildman–Crippen MR) is 44.5 cm³/mol. The Morgan fingerprint density at radius 1 is 1.43 bits per heavy atom. The monoisotopic (exact) mass is 201 g/mol. The summed E-state index contributed by atoms with van der Waals surface area (Å²) in [6.07, 6.45) is 0.0242. The van der Waals surface area contributed by atoms with Crippen LogP contribution in [0.2, 0.25) is 0 Å². The summed E-state index contributed by atoms with van der Waals surface area (Å²) >= 11 is 0. The minimum absolute atomic E-state index is 0.0717. The molecule has 6 nitrogen and oxygen atoms in total. The van der Waals surface area contributed by atoms with Gasteiger partial charge in [-0.05, 0) is 19.3 Å². The number of hydrogen-bond donors (Lipinski definition) is 2. The van der Waals surface area contributed by atoms with Crippen LogP contribution in [-0.4, -0.2) is 29.2 Å². The summed E-state index contributed by atoms with van der Waals surface area (Å²) in [7, 11) is 0. The topological polar surface area (TPSA) is 92.7 Å². The lowest BCUT2D eigenvalue weighted by Gasteiger charge is -2.04. The predicted octanol–water partition coefficient (Wildman–Crippen LogP) is 0.266. The highest BCUT2D eigenvalue weighted by Crippen LogP contribution is 2.11. The molecular weight excluding hydrogens is 190 g/mol. The molecule has 14 heavy (non-hydrogen) atoms. The molecule has 0 aromatic heterocycles. The number of carbonyl (C=O) groups is 3. The molecule has 1 atom stereocenters. The van der Waals surface area contributed by atoms with Crippen LogP contribution in [0, 0.1) is 0 Å². The maximum absolute atomic E-state index is 10.9. The summed E-state index contributed by atoms with van der Waals surface area (Å²) in [6, 6.07) is 0. The van der Waals surface area contributed by atoms with Gasteiger partial charge in [-0.1, -0.05) is 0 Å². The van der Waals surface area contributed by atoms with Crippen molar-refractivity contribution in [2.24, 2.45) is 0 Å². The summed E-state index contributed by atoms with van der Waals surface area (Å²) < 4.78 is 4.63. The molecule has 0 aromatic rings. The maximum atomic E-state index is 10.9. The van der Waals surface area contributed by atoms with E-state index in [-0.39, 0.29) is 6.42 Å². The van der Waals surface area contributed by atoms with Crippen molar-refractivity contribution in [3.63, 3.8) is 0 Å². The first-order chi connectivity index (χ1) is 6.59. The summed E-state index contributed by atoms with van der Waals surface area (Å²) in [6.45, 7) is 0. The van der Waals surface area contributed by atoms with E-state index in [2.05, 4.69) is 4.74 Å². The van der Waals surface area contributed by atoms with Crippen LogP contribution in [0.15, 0.2) is 0 Å². The Labute approximate surface area is 80.2 Å². The third-order valence-corrected chi connectivity index (χ3v) is 1.87. The zero-order chi connectivity index (χ0) is 10.6. The van der Waals surface area contributed by atoms with Gasteiger partial charge in [0.25, 0.3) is 5.91 Å². The average Bonchev–Trinajstić information content (AvgIpc) is 2.39. The molecule has 2 amide bonds. The lowest BCUT2D eigenvalue weighted by atomic mass is 10.1. The minimum atomic E-state index is -0.863. The molecule has 1 fully saturated rings. The van der Waals surface area contributed by atoms with E-state index in [1.54, 1.807) is 0 Å². The molecule has 6 heteroatoms. The van der Waals surface area contributed by atoms with E-state index in [1.165, 1.54) is 0 Å². The van der Waals surface area contributed by atoms with E-state index in [1.807, 2.05) is 5.32 Å². The van der Waals surface area contributed by atoms with E-state index in [9.17, 15) is 14.4 Å². The van der Waals surface area contributed by atoms with Crippen molar-refractivity contribution in [2.45, 2.75) is 31.8 Å². The van der Waals surface area contributed by atoms with Gasteiger partial charge in [0.2, 0.25) is 0 Å². The number of unbranched alkanes of at least 4 members (excludes halogenated alkanes) is 1. The van der Waals surface area contributed by atoms with Crippen LogP contribution in [0.5, 0.6) is 0 Å². The van der Waals surface area contributed by atoms with Gasteiger partial charge in [-0.25, -0.2) is 4.79 Å². The number of cyclic esters (lactones) is 1. The van der Waals surface area contributed by atoms with Crippen LogP contribution in [-0.2, 0) is 14.3 Å². The number of imide groups is 1. The highest BCUT2D eigenvalue weighted by atomic mass is 16.6. The van der Waals surface area contributed by atoms with Gasteiger partial charge < -0.3 is 9.84 Å². The normalized spacial score (nSPS) is 20.4. The van der Waals surface area contributed by atoms with Crippen molar-refractivity contribution in [3.05, 3.63) is 0 Å². The maximum Gasteiger partial charge on any atom is 0.414 e. The highest BCUT2D eigenvalue weighted by Gasteiger charge is 2.31. The second-order valence-electron chi connectivity index (χ2n) is 3.02. The number of hydrogen-bond acceptors (Lipinski definition) is 4. The largest absolute Gasteiger partial charge is 0.481 e. The zero-order valence-electron chi connectivity index (χ0n) is 7.49. The van der Waals surface area contributed by atoms with E-state index in [0.717, 1.165) is 0 Å². The number of carboxylic acid groups (broad SMARTS) is 1. The number of aliphatic carboxylic acids is 1. The van der Waals surface area contributed by atoms with Gasteiger partial charge in [-0.15, -0.1) is 0 Å². The average molecular weight is 201 g/mol. The second-order valence-corrected chi connectivity index (χ2v) is 3.02. The molecule has 0 spiro atoms. The molecule has 1 aliphatic rings. The SMILES string of the molecule is O=C(O)CCCCC1OC(=O)NC1=O. The number of carboxylic acids is 1. The van der Waals surface area contributed by atoms with Crippen molar-refractivity contribution in [2.75, 3.05) is 0 Å². The van der Waals surface area contributed by atoms with Crippen LogP contribution in [0.25, 0.3) is 0 Å². The van der Waals surface area contributed by atoms with Crippen LogP contribution >= 0.6 is 0 Å². The summed E-state index contributed by atoms with van der Waals surface area (Å²) in [5, 5.41) is 10.3. The standard InChI is InChI=1S/C8H11NO5/c10-6(11)4-2-1-3-5-7(12)9-8(13)14-5/h5H,1-4H2,(H,10,11)(H,9,12,13). The molecule has 1 saturated heterocycles. The van der Waals surface area contributed by atoms with Gasteiger partial charge in [0, 0.05) is 6.42 Å². The van der Waals surface area contributed by atoms with E-state index in [4.69, 9.17) is 5.11 Å². The third kappa shape index (κ3) is 3.04. The van der Waals surface area contributed by atoms with Gasteiger partial charge in [-0.2, -0.15) is 0 Å². The number of alkyl carbamates (subject to hydrolysis) is 1. The first-order valence-electron chi connectivity index (χ1n) is 4.33. The van der Waals surface area contributed by atoms with Crippen LogP contribution in [0.4, 0.5) is 4.79 Å². The van der Waals surface area contributed by atoms with E-state index >= 15 is 0 Å². The summed E-state index contributed by atoms with van der Waals surface area (Å²) in [4.78, 5) is 31.6. The van der Waals surface area contributed by atoms with Crippen molar-refractivity contribution in [1.82, 2.24) is 5.32 Å². The molecule has 0 aliphatic carbocycles. The van der Waals surface area contributed by atoms with E-state index < -0.39 is 24.1 Å². The van der Waals surface area contributed by atoms with Crippen molar-refractivity contribution in [3.8, 4) is 0 Å². The minimum Gasteiger partial charge on any atom is -0.481 e. The quantitative estimate of drug-likeness (QED) is 0.622. The zero-order valence-corrected chi connectivity index (χ0v) is 7.49. The molecule has 1 aliphatic heterocycles. The third-order valence-electron chi connectivity index (χ3n) is 1.87. The smallest absolute Gasteiger partial charge is 0.414 e.